The summed E-state index contributed by atoms with van der Waals surface area (Å²) in [5.74, 6) is -4.81. The number of ketones is 1. The number of hydrogen-bond donors (Lipinski definition) is 4. The molecule has 0 aromatic heterocycles. The summed E-state index contributed by atoms with van der Waals surface area (Å²) in [5.41, 5.74) is -0.771. The van der Waals surface area contributed by atoms with E-state index < -0.39 is 53.8 Å². The lowest BCUT2D eigenvalue weighted by Crippen LogP contribution is -2.53. The van der Waals surface area contributed by atoms with Crippen LogP contribution in [0.25, 0.3) is 0 Å². The SMILES string of the molecule is CC(C)(C)NC(=O)C(=O)C(CC1CCNC1=O)NC(=O)CNC(=O)c1ccc2c(c1)OC(F)(F)O2. The highest BCUT2D eigenvalue weighted by Crippen LogP contribution is 2.41. The molecule has 2 unspecified atom stereocenters. The molecule has 2 aliphatic heterocycles. The Hall–Kier alpha value is -3.77. The van der Waals surface area contributed by atoms with Gasteiger partial charge in [0.15, 0.2) is 11.5 Å². The van der Waals surface area contributed by atoms with Crippen LogP contribution in [0, 0.1) is 5.92 Å². The van der Waals surface area contributed by atoms with Crippen LogP contribution in [0.15, 0.2) is 18.2 Å². The van der Waals surface area contributed by atoms with E-state index in [1.165, 1.54) is 6.07 Å². The van der Waals surface area contributed by atoms with Gasteiger partial charge in [0.1, 0.15) is 0 Å². The maximum atomic E-state index is 13.1. The summed E-state index contributed by atoms with van der Waals surface area (Å²) in [6, 6.07) is 2.08. The van der Waals surface area contributed by atoms with Gasteiger partial charge < -0.3 is 30.7 Å². The van der Waals surface area contributed by atoms with Crippen molar-refractivity contribution in [2.45, 2.75) is 51.5 Å². The summed E-state index contributed by atoms with van der Waals surface area (Å²) in [6.07, 6.45) is -3.48. The number of Topliss-reactive ketones (excluding diaryl/α,β-unsaturated/α-hetero) is 1. The third-order valence-corrected chi connectivity index (χ3v) is 5.12. The van der Waals surface area contributed by atoms with Crippen molar-refractivity contribution in [2.24, 2.45) is 5.92 Å². The van der Waals surface area contributed by atoms with Gasteiger partial charge in [0, 0.05) is 23.6 Å². The van der Waals surface area contributed by atoms with Crippen molar-refractivity contribution in [1.82, 2.24) is 21.3 Å². The molecular formula is C22H26F2N4O7. The van der Waals surface area contributed by atoms with Crippen molar-refractivity contribution < 1.29 is 42.2 Å². The zero-order chi connectivity index (χ0) is 26.0. The molecule has 1 aromatic rings. The molecule has 2 heterocycles. The lowest BCUT2D eigenvalue weighted by molar-refractivity contribution is -0.286. The molecule has 11 nitrogen and oxygen atoms in total. The van der Waals surface area contributed by atoms with Crippen LogP contribution in [0.4, 0.5) is 8.78 Å². The Morgan fingerprint density at radius 3 is 2.49 bits per heavy atom. The first-order valence-electron chi connectivity index (χ1n) is 10.9. The van der Waals surface area contributed by atoms with Crippen LogP contribution in [0.2, 0.25) is 0 Å². The summed E-state index contributed by atoms with van der Waals surface area (Å²) in [5, 5.41) is 9.85. The largest absolute Gasteiger partial charge is 0.586 e. The molecule has 2 aliphatic rings. The van der Waals surface area contributed by atoms with Gasteiger partial charge in [-0.1, -0.05) is 0 Å². The second-order valence-corrected chi connectivity index (χ2v) is 9.21. The monoisotopic (exact) mass is 496 g/mol. The fourth-order valence-electron chi connectivity index (χ4n) is 3.54. The first kappa shape index (κ1) is 25.8. The Morgan fingerprint density at radius 1 is 1.17 bits per heavy atom. The molecule has 3 rings (SSSR count). The van der Waals surface area contributed by atoms with E-state index in [9.17, 15) is 32.8 Å². The zero-order valence-corrected chi connectivity index (χ0v) is 19.3. The Balaban J connectivity index is 1.61. The second-order valence-electron chi connectivity index (χ2n) is 9.21. The van der Waals surface area contributed by atoms with Crippen LogP contribution >= 0.6 is 0 Å². The molecule has 13 heteroatoms. The maximum Gasteiger partial charge on any atom is 0.586 e. The molecule has 0 radical (unpaired) electrons. The van der Waals surface area contributed by atoms with Crippen molar-refractivity contribution in [2.75, 3.05) is 13.1 Å². The van der Waals surface area contributed by atoms with Crippen molar-refractivity contribution >= 4 is 29.4 Å². The van der Waals surface area contributed by atoms with E-state index >= 15 is 0 Å². The summed E-state index contributed by atoms with van der Waals surface area (Å²) < 4.78 is 34.9. The number of nitrogens with one attached hydrogen (secondary N) is 4. The van der Waals surface area contributed by atoms with E-state index in [0.717, 1.165) is 12.1 Å². The average molecular weight is 496 g/mol. The average Bonchev–Trinajstić information content (AvgIpc) is 3.29. The normalized spacial score (nSPS) is 18.9. The van der Waals surface area contributed by atoms with Crippen molar-refractivity contribution in [1.29, 1.82) is 0 Å². The molecule has 4 N–H and O–H groups in total. The fraction of sp³-hybridized carbons (Fsp3) is 0.500. The van der Waals surface area contributed by atoms with Crippen molar-refractivity contribution in [3.63, 3.8) is 0 Å². The Kier molecular flexibility index (Phi) is 7.27. The van der Waals surface area contributed by atoms with Crippen LogP contribution in [0.3, 0.4) is 0 Å². The van der Waals surface area contributed by atoms with Gasteiger partial charge in [-0.25, -0.2) is 0 Å². The first-order chi connectivity index (χ1) is 16.2. The highest BCUT2D eigenvalue weighted by atomic mass is 19.3. The molecule has 0 bridgehead atoms. The number of carbonyl (C=O) groups is 5. The number of carbonyl (C=O) groups excluding carboxylic acids is 5. The number of rotatable bonds is 8. The second kappa shape index (κ2) is 9.84. The molecule has 2 atom stereocenters. The lowest BCUT2D eigenvalue weighted by atomic mass is 9.95. The van der Waals surface area contributed by atoms with E-state index in [4.69, 9.17) is 0 Å². The number of halogens is 2. The molecule has 1 saturated heterocycles. The number of hydrogen-bond acceptors (Lipinski definition) is 7. The highest BCUT2D eigenvalue weighted by Gasteiger charge is 2.43. The van der Waals surface area contributed by atoms with E-state index in [1.807, 2.05) is 0 Å². The Morgan fingerprint density at radius 2 is 1.86 bits per heavy atom. The summed E-state index contributed by atoms with van der Waals surface area (Å²) in [7, 11) is 0. The molecule has 4 amide bonds. The molecule has 35 heavy (non-hydrogen) atoms. The number of alkyl halides is 2. The smallest absolute Gasteiger partial charge is 0.395 e. The van der Waals surface area contributed by atoms with Gasteiger partial charge in [0.25, 0.3) is 11.8 Å². The molecule has 0 saturated carbocycles. The van der Waals surface area contributed by atoms with Crippen LogP contribution in [0.5, 0.6) is 11.5 Å². The van der Waals surface area contributed by atoms with Gasteiger partial charge in [0.2, 0.25) is 17.6 Å². The fourth-order valence-corrected chi connectivity index (χ4v) is 3.54. The first-order valence-corrected chi connectivity index (χ1v) is 10.9. The standard InChI is InChI=1S/C22H26F2N4O7/c1-21(2,3)28-20(33)17(30)13(8-12-6-7-25-18(12)31)27-16(29)10-26-19(32)11-4-5-14-15(9-11)35-22(23,24)34-14/h4-5,9,12-13H,6-8,10H2,1-3H3,(H,25,31)(H,26,32)(H,27,29)(H,28,33). The zero-order valence-electron chi connectivity index (χ0n) is 19.3. The topological polar surface area (TPSA) is 152 Å². The van der Waals surface area contributed by atoms with Gasteiger partial charge in [0.05, 0.1) is 12.6 Å². The van der Waals surface area contributed by atoms with Gasteiger partial charge in [-0.2, -0.15) is 0 Å². The number of amides is 4. The minimum absolute atomic E-state index is 0.0716. The molecule has 1 aromatic carbocycles. The predicted octanol–water partition coefficient (Wildman–Crippen LogP) is 0.233. The molecule has 0 aliphatic carbocycles. The predicted molar refractivity (Wildman–Crippen MR) is 116 cm³/mol. The number of benzene rings is 1. The van der Waals surface area contributed by atoms with E-state index in [0.29, 0.717) is 13.0 Å². The van der Waals surface area contributed by atoms with Gasteiger partial charge in [-0.15, -0.1) is 8.78 Å². The molecule has 190 valence electrons. The van der Waals surface area contributed by atoms with Gasteiger partial charge in [-0.3, -0.25) is 24.0 Å². The number of fused-ring (bicyclic) bond motifs is 1. The van der Waals surface area contributed by atoms with Crippen LogP contribution in [-0.4, -0.2) is 60.4 Å². The van der Waals surface area contributed by atoms with Crippen LogP contribution in [-0.2, 0) is 19.2 Å². The third-order valence-electron chi connectivity index (χ3n) is 5.12. The van der Waals surface area contributed by atoms with Gasteiger partial charge in [-0.05, 0) is 51.8 Å². The minimum atomic E-state index is -3.84. The summed E-state index contributed by atoms with van der Waals surface area (Å²) in [6.45, 7) is 4.89. The Labute approximate surface area is 199 Å². The van der Waals surface area contributed by atoms with Crippen LogP contribution < -0.4 is 30.7 Å². The van der Waals surface area contributed by atoms with Crippen LogP contribution in [0.1, 0.15) is 44.0 Å². The van der Waals surface area contributed by atoms with Crippen molar-refractivity contribution in [3.8, 4) is 11.5 Å². The van der Waals surface area contributed by atoms with E-state index in [2.05, 4.69) is 30.7 Å². The number of ether oxygens (including phenoxy) is 2. The quantitative estimate of drug-likeness (QED) is 0.376. The molecular weight excluding hydrogens is 470 g/mol. The minimum Gasteiger partial charge on any atom is -0.395 e. The Bertz CT molecular complexity index is 1050. The lowest BCUT2D eigenvalue weighted by Gasteiger charge is -2.23. The van der Waals surface area contributed by atoms with Gasteiger partial charge >= 0.3 is 6.29 Å². The third kappa shape index (κ3) is 6.87. The van der Waals surface area contributed by atoms with E-state index in [-0.39, 0.29) is 29.4 Å². The van der Waals surface area contributed by atoms with E-state index in [1.54, 1.807) is 20.8 Å². The maximum absolute atomic E-state index is 13.1. The summed E-state index contributed by atoms with van der Waals surface area (Å²) in [4.78, 5) is 61.9. The highest BCUT2D eigenvalue weighted by molar-refractivity contribution is 6.38. The molecule has 0 spiro atoms. The van der Waals surface area contributed by atoms with Crippen molar-refractivity contribution in [3.05, 3.63) is 23.8 Å². The summed E-state index contributed by atoms with van der Waals surface area (Å²) >= 11 is 0. The molecule has 1 fully saturated rings.